The molecule has 0 spiro atoms. The van der Waals surface area contributed by atoms with Crippen molar-refractivity contribution >= 4 is 44.6 Å². The molecule has 1 heterocycles. The lowest BCUT2D eigenvalue weighted by atomic mass is 10.2. The highest BCUT2D eigenvalue weighted by molar-refractivity contribution is 7.91. The van der Waals surface area contributed by atoms with Gasteiger partial charge in [-0.3, -0.25) is 9.59 Å². The molecule has 2 aromatic rings. The molecular formula is C20H21ClN2O4S. The predicted molar refractivity (Wildman–Crippen MR) is 110 cm³/mol. The molecule has 6 nitrogen and oxygen atoms in total. The van der Waals surface area contributed by atoms with Crippen molar-refractivity contribution < 1.29 is 18.0 Å². The molecule has 1 N–H and O–H groups in total. The number of rotatable bonds is 5. The van der Waals surface area contributed by atoms with Gasteiger partial charge in [0.15, 0.2) is 9.84 Å². The number of aryl methyl sites for hydroxylation is 1. The van der Waals surface area contributed by atoms with Crippen molar-refractivity contribution in [1.82, 2.24) is 0 Å². The van der Waals surface area contributed by atoms with E-state index in [1.165, 1.54) is 13.0 Å². The molecule has 0 atom stereocenters. The Morgan fingerprint density at radius 1 is 1.18 bits per heavy atom. The van der Waals surface area contributed by atoms with Crippen LogP contribution in [0, 0.1) is 6.92 Å². The van der Waals surface area contributed by atoms with Gasteiger partial charge in [-0.05, 0) is 54.8 Å². The van der Waals surface area contributed by atoms with Gasteiger partial charge in [0.05, 0.1) is 10.6 Å². The average molecular weight is 421 g/mol. The maximum Gasteiger partial charge on any atom is 0.225 e. The second-order valence-electron chi connectivity index (χ2n) is 6.79. The quantitative estimate of drug-likeness (QED) is 0.803. The van der Waals surface area contributed by atoms with Crippen molar-refractivity contribution in [3.8, 4) is 0 Å². The first kappa shape index (κ1) is 20.4. The van der Waals surface area contributed by atoms with Gasteiger partial charge in [-0.1, -0.05) is 17.7 Å². The van der Waals surface area contributed by atoms with E-state index >= 15 is 0 Å². The van der Waals surface area contributed by atoms with Gasteiger partial charge < -0.3 is 10.2 Å². The van der Waals surface area contributed by atoms with Crippen molar-refractivity contribution in [2.75, 3.05) is 22.5 Å². The molecule has 1 aliphatic heterocycles. The molecule has 0 unspecified atom stereocenters. The Balaban J connectivity index is 1.66. The van der Waals surface area contributed by atoms with Crippen LogP contribution in [0.2, 0.25) is 5.02 Å². The van der Waals surface area contributed by atoms with Crippen LogP contribution in [-0.4, -0.2) is 32.5 Å². The minimum Gasteiger partial charge on any atom is -0.326 e. The smallest absolute Gasteiger partial charge is 0.225 e. The highest BCUT2D eigenvalue weighted by Crippen LogP contribution is 2.30. The Morgan fingerprint density at radius 2 is 1.93 bits per heavy atom. The van der Waals surface area contributed by atoms with Gasteiger partial charge in [-0.15, -0.1) is 0 Å². The van der Waals surface area contributed by atoms with Crippen molar-refractivity contribution in [2.24, 2.45) is 0 Å². The molecule has 1 aliphatic rings. The first-order valence-electron chi connectivity index (χ1n) is 8.87. The number of nitrogens with one attached hydrogen (secondary N) is 1. The number of hydrogen-bond donors (Lipinski definition) is 1. The summed E-state index contributed by atoms with van der Waals surface area (Å²) in [5.74, 6) is -0.761. The minimum absolute atomic E-state index is 0.0674. The molecule has 0 bridgehead atoms. The summed E-state index contributed by atoms with van der Waals surface area (Å²) >= 11 is 6.03. The number of fused-ring (bicyclic) bond motifs is 1. The molecule has 148 valence electrons. The van der Waals surface area contributed by atoms with E-state index in [0.29, 0.717) is 23.7 Å². The highest BCUT2D eigenvalue weighted by Gasteiger charge is 2.25. The van der Waals surface area contributed by atoms with E-state index in [9.17, 15) is 18.0 Å². The Hall–Kier alpha value is -2.38. The molecule has 2 aromatic carbocycles. The summed E-state index contributed by atoms with van der Waals surface area (Å²) in [5, 5.41) is 3.19. The Bertz CT molecular complexity index is 1050. The summed E-state index contributed by atoms with van der Waals surface area (Å²) in [6, 6.07) is 9.88. The molecule has 28 heavy (non-hydrogen) atoms. The summed E-state index contributed by atoms with van der Waals surface area (Å²) in [6.07, 6.45) is 0.456. The summed E-state index contributed by atoms with van der Waals surface area (Å²) in [6.45, 7) is 3.89. The summed E-state index contributed by atoms with van der Waals surface area (Å²) in [4.78, 5) is 25.5. The van der Waals surface area contributed by atoms with E-state index in [4.69, 9.17) is 11.6 Å². The molecule has 0 saturated carbocycles. The predicted octanol–water partition coefficient (Wildman–Crippen LogP) is 3.36. The van der Waals surface area contributed by atoms with Gasteiger partial charge in [0.1, 0.15) is 0 Å². The maximum absolute atomic E-state index is 12.6. The average Bonchev–Trinajstić information content (AvgIpc) is 3.07. The number of sulfone groups is 1. The van der Waals surface area contributed by atoms with Crippen LogP contribution >= 0.6 is 11.6 Å². The lowest BCUT2D eigenvalue weighted by Crippen LogP contribution is -2.25. The number of hydrogen-bond acceptors (Lipinski definition) is 4. The molecule has 0 aliphatic carbocycles. The molecule has 0 aromatic heterocycles. The molecule has 2 amide bonds. The fraction of sp³-hybridized carbons (Fsp3) is 0.300. The minimum atomic E-state index is -3.61. The number of carbonyl (C=O) groups excluding carboxylic acids is 2. The normalized spacial score (nSPS) is 13.3. The van der Waals surface area contributed by atoms with Gasteiger partial charge >= 0.3 is 0 Å². The van der Waals surface area contributed by atoms with E-state index < -0.39 is 15.7 Å². The number of halogens is 1. The fourth-order valence-electron chi connectivity index (χ4n) is 3.14. The Kier molecular flexibility index (Phi) is 5.76. The maximum atomic E-state index is 12.6. The number of nitrogens with zero attached hydrogens (tertiary/aromatic N) is 1. The van der Waals surface area contributed by atoms with Crippen molar-refractivity contribution in [1.29, 1.82) is 0 Å². The summed E-state index contributed by atoms with van der Waals surface area (Å²) < 4.78 is 25.2. The van der Waals surface area contributed by atoms with Crippen LogP contribution in [0.4, 0.5) is 11.4 Å². The van der Waals surface area contributed by atoms with Gasteiger partial charge in [0.25, 0.3) is 0 Å². The molecular weight excluding hydrogens is 400 g/mol. The van der Waals surface area contributed by atoms with Crippen LogP contribution in [0.3, 0.4) is 0 Å². The standard InChI is InChI=1S/C20H21ClN2O4S/c1-13-3-4-16(12-18(13)21)22-20(25)8-10-28(26,27)17-5-6-19-15(11-17)7-9-23(19)14(2)24/h3-6,11-12H,7-10H2,1-2H3,(H,22,25). The lowest BCUT2D eigenvalue weighted by molar-refractivity contribution is -0.117. The molecule has 0 fully saturated rings. The second kappa shape index (κ2) is 7.93. The third-order valence-corrected chi connectivity index (χ3v) is 6.86. The Morgan fingerprint density at radius 3 is 2.61 bits per heavy atom. The SMILES string of the molecule is CC(=O)N1CCc2cc(S(=O)(=O)CCC(=O)Nc3ccc(C)c(Cl)c3)ccc21. The zero-order valence-corrected chi connectivity index (χ0v) is 17.2. The topological polar surface area (TPSA) is 83.6 Å². The van der Waals surface area contributed by atoms with Crippen molar-refractivity contribution in [2.45, 2.75) is 31.6 Å². The zero-order chi connectivity index (χ0) is 20.5. The zero-order valence-electron chi connectivity index (χ0n) is 15.7. The van der Waals surface area contributed by atoms with Crippen LogP contribution in [0.25, 0.3) is 0 Å². The van der Waals surface area contributed by atoms with Gasteiger partial charge in [-0.2, -0.15) is 0 Å². The van der Waals surface area contributed by atoms with Crippen molar-refractivity contribution in [3.63, 3.8) is 0 Å². The molecule has 0 radical (unpaired) electrons. The number of benzene rings is 2. The number of anilines is 2. The number of carbonyl (C=O) groups is 2. The second-order valence-corrected chi connectivity index (χ2v) is 9.31. The largest absolute Gasteiger partial charge is 0.326 e. The van der Waals surface area contributed by atoms with Crippen LogP contribution in [-0.2, 0) is 25.8 Å². The Labute approximate surface area is 169 Å². The highest BCUT2D eigenvalue weighted by atomic mass is 35.5. The van der Waals surface area contributed by atoms with Gasteiger partial charge in [-0.25, -0.2) is 8.42 Å². The van der Waals surface area contributed by atoms with Crippen molar-refractivity contribution in [3.05, 3.63) is 52.5 Å². The third-order valence-electron chi connectivity index (χ3n) is 4.74. The molecule has 0 saturated heterocycles. The monoisotopic (exact) mass is 420 g/mol. The van der Waals surface area contributed by atoms with Crippen LogP contribution in [0.1, 0.15) is 24.5 Å². The van der Waals surface area contributed by atoms with E-state index in [1.807, 2.05) is 6.92 Å². The van der Waals surface area contributed by atoms with E-state index in [0.717, 1.165) is 16.8 Å². The van der Waals surface area contributed by atoms with E-state index in [2.05, 4.69) is 5.32 Å². The van der Waals surface area contributed by atoms with Gasteiger partial charge in [0, 0.05) is 36.3 Å². The van der Waals surface area contributed by atoms with Crippen LogP contribution in [0.15, 0.2) is 41.3 Å². The van der Waals surface area contributed by atoms with E-state index in [-0.39, 0.29) is 23.0 Å². The van der Waals surface area contributed by atoms with Gasteiger partial charge in [0.2, 0.25) is 11.8 Å². The number of amides is 2. The first-order valence-corrected chi connectivity index (χ1v) is 10.9. The lowest BCUT2D eigenvalue weighted by Gasteiger charge is -2.15. The molecule has 3 rings (SSSR count). The van der Waals surface area contributed by atoms with Crippen LogP contribution in [0.5, 0.6) is 0 Å². The van der Waals surface area contributed by atoms with Crippen LogP contribution < -0.4 is 10.2 Å². The molecule has 8 heteroatoms. The summed E-state index contributed by atoms with van der Waals surface area (Å²) in [7, 11) is -3.61. The first-order chi connectivity index (χ1) is 13.2. The third kappa shape index (κ3) is 4.36. The summed E-state index contributed by atoms with van der Waals surface area (Å²) in [5.41, 5.74) is 3.00. The fourth-order valence-corrected chi connectivity index (χ4v) is 4.61. The van der Waals surface area contributed by atoms with E-state index in [1.54, 1.807) is 35.2 Å².